The van der Waals surface area contributed by atoms with E-state index in [1.54, 1.807) is 0 Å². The third-order valence-electron chi connectivity index (χ3n) is 3.62. The molecule has 0 bridgehead atoms. The quantitative estimate of drug-likeness (QED) is 0.791. The van der Waals surface area contributed by atoms with E-state index < -0.39 is 11.7 Å². The molecule has 0 spiro atoms. The molecule has 1 aromatic heterocycles. The molecular weight excluding hydrogens is 277 g/mol. The Bertz CT molecular complexity index is 448. The summed E-state index contributed by atoms with van der Waals surface area (Å²) in [5, 5.41) is 0.0668. The van der Waals surface area contributed by atoms with Crippen LogP contribution in [-0.2, 0) is 6.18 Å². The van der Waals surface area contributed by atoms with E-state index in [4.69, 9.17) is 17.3 Å². The predicted molar refractivity (Wildman–Crippen MR) is 68.1 cm³/mol. The molecule has 6 heteroatoms. The van der Waals surface area contributed by atoms with Gasteiger partial charge in [-0.2, -0.15) is 13.2 Å². The highest BCUT2D eigenvalue weighted by molar-refractivity contribution is 6.31. The molecular formula is C13H16ClF3N2. The lowest BCUT2D eigenvalue weighted by Crippen LogP contribution is -2.28. The summed E-state index contributed by atoms with van der Waals surface area (Å²) in [7, 11) is 0. The molecule has 0 aromatic carbocycles. The molecule has 1 saturated carbocycles. The number of alkyl halides is 3. The Morgan fingerprint density at radius 2 is 1.89 bits per heavy atom. The van der Waals surface area contributed by atoms with Gasteiger partial charge in [0.15, 0.2) is 0 Å². The van der Waals surface area contributed by atoms with Crippen LogP contribution in [0.1, 0.15) is 49.3 Å². The number of halogens is 4. The largest absolute Gasteiger partial charge is 0.417 e. The summed E-state index contributed by atoms with van der Waals surface area (Å²) in [5.41, 5.74) is 5.77. The van der Waals surface area contributed by atoms with Crippen LogP contribution in [0.15, 0.2) is 12.3 Å². The van der Waals surface area contributed by atoms with E-state index in [0.29, 0.717) is 5.69 Å². The molecule has 2 atom stereocenters. The summed E-state index contributed by atoms with van der Waals surface area (Å²) in [6.07, 6.45) is 1.29. The van der Waals surface area contributed by atoms with Crippen molar-refractivity contribution in [2.24, 2.45) is 5.73 Å². The minimum absolute atomic E-state index is 0.0442. The van der Waals surface area contributed by atoms with E-state index in [-0.39, 0.29) is 17.0 Å². The first-order valence-electron chi connectivity index (χ1n) is 6.38. The molecule has 0 aliphatic heterocycles. The van der Waals surface area contributed by atoms with Crippen molar-refractivity contribution in [1.82, 2.24) is 4.98 Å². The van der Waals surface area contributed by atoms with Crippen molar-refractivity contribution in [3.8, 4) is 0 Å². The predicted octanol–water partition coefficient (Wildman–Crippen LogP) is 4.13. The van der Waals surface area contributed by atoms with Gasteiger partial charge in [0, 0.05) is 18.2 Å². The van der Waals surface area contributed by atoms with Gasteiger partial charge in [-0.3, -0.25) is 4.98 Å². The van der Waals surface area contributed by atoms with E-state index >= 15 is 0 Å². The molecule has 1 aliphatic carbocycles. The highest BCUT2D eigenvalue weighted by Crippen LogP contribution is 2.36. The van der Waals surface area contributed by atoms with Crippen LogP contribution in [0.3, 0.4) is 0 Å². The van der Waals surface area contributed by atoms with Gasteiger partial charge in [0.05, 0.1) is 16.3 Å². The molecule has 1 fully saturated rings. The third kappa shape index (κ3) is 3.39. The van der Waals surface area contributed by atoms with Crippen molar-refractivity contribution in [2.45, 2.75) is 50.2 Å². The molecule has 19 heavy (non-hydrogen) atoms. The van der Waals surface area contributed by atoms with Gasteiger partial charge >= 0.3 is 6.18 Å². The number of nitrogens with zero attached hydrogens (tertiary/aromatic N) is 1. The fraction of sp³-hybridized carbons (Fsp3) is 0.615. The van der Waals surface area contributed by atoms with Gasteiger partial charge in [0.2, 0.25) is 0 Å². The molecule has 1 heterocycles. The lowest BCUT2D eigenvalue weighted by Gasteiger charge is -2.22. The Labute approximate surface area is 115 Å². The number of hydrogen-bond donors (Lipinski definition) is 1. The molecule has 0 radical (unpaired) electrons. The van der Waals surface area contributed by atoms with Crippen LogP contribution < -0.4 is 5.73 Å². The van der Waals surface area contributed by atoms with Crippen LogP contribution in [-0.4, -0.2) is 11.0 Å². The third-order valence-corrected chi connectivity index (χ3v) is 3.92. The molecule has 0 saturated heterocycles. The smallest absolute Gasteiger partial charge is 0.327 e. The number of hydrogen-bond acceptors (Lipinski definition) is 2. The van der Waals surface area contributed by atoms with Gasteiger partial charge in [-0.15, -0.1) is 0 Å². The van der Waals surface area contributed by atoms with Crippen LogP contribution in [0.2, 0.25) is 5.02 Å². The fourth-order valence-corrected chi connectivity index (χ4v) is 2.86. The Morgan fingerprint density at radius 3 is 2.53 bits per heavy atom. The zero-order valence-electron chi connectivity index (χ0n) is 10.4. The van der Waals surface area contributed by atoms with Crippen molar-refractivity contribution in [3.63, 3.8) is 0 Å². The minimum atomic E-state index is -4.42. The van der Waals surface area contributed by atoms with Gasteiger partial charge in [-0.05, 0) is 18.9 Å². The maximum absolute atomic E-state index is 12.6. The van der Waals surface area contributed by atoms with E-state index in [9.17, 15) is 13.2 Å². The van der Waals surface area contributed by atoms with Gasteiger partial charge in [0.1, 0.15) is 0 Å². The Hall–Kier alpha value is -0.810. The highest BCUT2D eigenvalue weighted by atomic mass is 35.5. The fourth-order valence-electron chi connectivity index (χ4n) is 2.55. The maximum atomic E-state index is 12.6. The number of nitrogens with two attached hydrogens (primary N) is 1. The summed E-state index contributed by atoms with van der Waals surface area (Å²) in [4.78, 5) is 3.93. The van der Waals surface area contributed by atoms with E-state index in [0.717, 1.165) is 44.4 Å². The first kappa shape index (κ1) is 14.6. The van der Waals surface area contributed by atoms with Crippen molar-refractivity contribution >= 4 is 11.6 Å². The average Bonchev–Trinajstić information content (AvgIpc) is 2.53. The minimum Gasteiger partial charge on any atom is -0.327 e. The van der Waals surface area contributed by atoms with Gasteiger partial charge < -0.3 is 5.73 Å². The van der Waals surface area contributed by atoms with Crippen molar-refractivity contribution in [1.29, 1.82) is 0 Å². The normalized spacial score (nSPS) is 25.1. The highest BCUT2D eigenvalue weighted by Gasteiger charge is 2.33. The average molecular weight is 293 g/mol. The second-order valence-corrected chi connectivity index (χ2v) is 5.40. The molecule has 0 amide bonds. The van der Waals surface area contributed by atoms with Crippen molar-refractivity contribution < 1.29 is 13.2 Å². The SMILES string of the molecule is N[C@H]1CCCCC[C@@H]1c1ncc(C(F)(F)F)cc1Cl. The van der Waals surface area contributed by atoms with Crippen LogP contribution in [0.5, 0.6) is 0 Å². The van der Waals surface area contributed by atoms with Gasteiger partial charge in [0.25, 0.3) is 0 Å². The zero-order chi connectivity index (χ0) is 14.0. The Morgan fingerprint density at radius 1 is 1.21 bits per heavy atom. The Kier molecular flexibility index (Phi) is 4.36. The number of pyridine rings is 1. The molecule has 1 aromatic rings. The monoisotopic (exact) mass is 292 g/mol. The van der Waals surface area contributed by atoms with Crippen molar-refractivity contribution in [2.75, 3.05) is 0 Å². The number of rotatable bonds is 1. The summed E-state index contributed by atoms with van der Waals surface area (Å²) < 4.78 is 37.7. The second-order valence-electron chi connectivity index (χ2n) is 5.00. The molecule has 2 N–H and O–H groups in total. The van der Waals surface area contributed by atoms with Gasteiger partial charge in [-0.25, -0.2) is 0 Å². The number of aromatic nitrogens is 1. The summed E-state index contributed by atoms with van der Waals surface area (Å²) in [6.45, 7) is 0. The van der Waals surface area contributed by atoms with Crippen LogP contribution in [0, 0.1) is 0 Å². The van der Waals surface area contributed by atoms with Crippen molar-refractivity contribution in [3.05, 3.63) is 28.5 Å². The van der Waals surface area contributed by atoms with E-state index in [2.05, 4.69) is 4.98 Å². The molecule has 2 rings (SSSR count). The topological polar surface area (TPSA) is 38.9 Å². The first-order chi connectivity index (χ1) is 8.89. The lowest BCUT2D eigenvalue weighted by molar-refractivity contribution is -0.137. The standard InChI is InChI=1S/C13H16ClF3N2/c14-10-6-8(13(15,16)17)7-19-12(10)9-4-2-1-3-5-11(9)18/h6-7,9,11H,1-5,18H2/t9-,11-/m0/s1. The van der Waals surface area contributed by atoms with Crippen LogP contribution in [0.4, 0.5) is 13.2 Å². The van der Waals surface area contributed by atoms with E-state index in [1.807, 2.05) is 0 Å². The second kappa shape index (κ2) is 5.67. The lowest BCUT2D eigenvalue weighted by atomic mass is 9.91. The van der Waals surface area contributed by atoms with E-state index in [1.165, 1.54) is 0 Å². The summed E-state index contributed by atoms with van der Waals surface area (Å²) in [5.74, 6) is -0.0442. The maximum Gasteiger partial charge on any atom is 0.417 e. The van der Waals surface area contributed by atoms with Crippen LogP contribution in [0.25, 0.3) is 0 Å². The zero-order valence-corrected chi connectivity index (χ0v) is 11.1. The molecule has 0 unspecified atom stereocenters. The summed E-state index contributed by atoms with van der Waals surface area (Å²) in [6, 6.07) is 0.867. The van der Waals surface area contributed by atoms with Crippen LogP contribution >= 0.6 is 11.6 Å². The molecule has 1 aliphatic rings. The summed E-state index contributed by atoms with van der Waals surface area (Å²) >= 11 is 5.97. The first-order valence-corrected chi connectivity index (χ1v) is 6.75. The Balaban J connectivity index is 2.29. The molecule has 106 valence electrons. The van der Waals surface area contributed by atoms with Gasteiger partial charge in [-0.1, -0.05) is 30.9 Å². The molecule has 2 nitrogen and oxygen atoms in total.